The fraction of sp³-hybridized carbons (Fsp3) is 0.148. The molecule has 1 N–H and O–H groups in total. The third-order valence-corrected chi connectivity index (χ3v) is 8.14. The van der Waals surface area contributed by atoms with Crippen molar-refractivity contribution in [1.29, 1.82) is 0 Å². The van der Waals surface area contributed by atoms with Crippen LogP contribution in [0.15, 0.2) is 91.1 Å². The van der Waals surface area contributed by atoms with Crippen molar-refractivity contribution in [1.82, 2.24) is 4.98 Å². The normalized spacial score (nSPS) is 11.5. The molecular weight excluding hydrogens is 434 g/mol. The van der Waals surface area contributed by atoms with Crippen LogP contribution in [-0.4, -0.2) is 19.1 Å². The molecule has 0 aliphatic heterocycles. The molecule has 3 aromatic carbocycles. The van der Waals surface area contributed by atoms with Crippen molar-refractivity contribution >= 4 is 31.0 Å². The number of aromatic nitrogens is 1. The first kappa shape index (κ1) is 22.1. The number of halogens is 1. The Balaban J connectivity index is 1.87. The van der Waals surface area contributed by atoms with Gasteiger partial charge in [-0.15, -0.1) is 0 Å². The van der Waals surface area contributed by atoms with E-state index in [2.05, 4.69) is 62.2 Å². The van der Waals surface area contributed by atoms with Crippen molar-refractivity contribution in [3.8, 4) is 22.8 Å². The molecule has 32 heavy (non-hydrogen) atoms. The molecule has 0 saturated carbocycles. The Kier molecular flexibility index (Phi) is 6.35. The van der Waals surface area contributed by atoms with E-state index in [4.69, 9.17) is 16.0 Å². The Hall–Kier alpha value is -3.08. The molecule has 0 spiro atoms. The topological polar surface area (TPSA) is 42.4 Å². The third kappa shape index (κ3) is 4.87. The number of nitrogens with zero attached hydrogens (tertiary/aromatic N) is 1. The van der Waals surface area contributed by atoms with Crippen LogP contribution in [0.3, 0.4) is 0 Å². The first-order valence-corrected chi connectivity index (χ1v) is 12.6. The molecule has 0 bridgehead atoms. The number of rotatable bonds is 5. The Morgan fingerprint density at radius 3 is 1.97 bits per heavy atom. The van der Waals surface area contributed by atoms with E-state index in [1.165, 1.54) is 28.2 Å². The minimum absolute atomic E-state index is 0.0355. The predicted molar refractivity (Wildman–Crippen MR) is 135 cm³/mol. The molecule has 1 aromatic heterocycles. The summed E-state index contributed by atoms with van der Waals surface area (Å²) < 4.78 is 6.87. The summed E-state index contributed by atoms with van der Waals surface area (Å²) in [7, 11) is -2.05. The zero-order valence-corrected chi connectivity index (χ0v) is 20.3. The largest absolute Gasteiger partial charge is 0.537 e. The SMILES string of the molecule is CC(C)(C)c1ccc(-c2ncc(O)cc2Cl)c(O[SiH](c2ccccc2)c2ccccc2)c1. The highest BCUT2D eigenvalue weighted by Gasteiger charge is 2.24. The molecule has 0 unspecified atom stereocenters. The van der Waals surface area contributed by atoms with Crippen LogP contribution in [0.5, 0.6) is 11.5 Å². The van der Waals surface area contributed by atoms with Gasteiger partial charge >= 0.3 is 0 Å². The van der Waals surface area contributed by atoms with E-state index in [1.54, 1.807) is 0 Å². The van der Waals surface area contributed by atoms with Gasteiger partial charge in [-0.05, 0) is 33.5 Å². The standard InChI is InChI=1S/C27H26ClNO2Si/c1-27(2,3)19-14-15-23(26-24(28)17-20(30)18-29-26)25(16-19)31-32(21-10-6-4-7-11-21)22-12-8-5-9-13-22/h4-18,30,32H,1-3H3. The molecule has 162 valence electrons. The Morgan fingerprint density at radius 2 is 1.44 bits per heavy atom. The van der Waals surface area contributed by atoms with Crippen LogP contribution in [0.4, 0.5) is 0 Å². The zero-order valence-electron chi connectivity index (χ0n) is 18.4. The Labute approximate surface area is 196 Å². The van der Waals surface area contributed by atoms with Gasteiger partial charge in [-0.3, -0.25) is 4.98 Å². The molecule has 4 aromatic rings. The van der Waals surface area contributed by atoms with Gasteiger partial charge in [-0.25, -0.2) is 0 Å². The monoisotopic (exact) mass is 459 g/mol. The summed E-state index contributed by atoms with van der Waals surface area (Å²) in [6.07, 6.45) is 1.41. The predicted octanol–water partition coefficient (Wildman–Crippen LogP) is 5.32. The first-order chi connectivity index (χ1) is 15.3. The van der Waals surface area contributed by atoms with E-state index >= 15 is 0 Å². The van der Waals surface area contributed by atoms with Crippen molar-refractivity contribution in [2.45, 2.75) is 26.2 Å². The van der Waals surface area contributed by atoms with Gasteiger partial charge in [0.2, 0.25) is 0 Å². The summed E-state index contributed by atoms with van der Waals surface area (Å²) >= 11 is 6.47. The van der Waals surface area contributed by atoms with Crippen LogP contribution in [0, 0.1) is 0 Å². The van der Waals surface area contributed by atoms with Crippen LogP contribution in [0.25, 0.3) is 11.3 Å². The molecule has 0 atom stereocenters. The average molecular weight is 460 g/mol. The summed E-state index contributed by atoms with van der Waals surface area (Å²) in [5.41, 5.74) is 2.53. The van der Waals surface area contributed by atoms with E-state index < -0.39 is 9.04 Å². The number of aromatic hydroxyl groups is 1. The number of hydrogen-bond acceptors (Lipinski definition) is 3. The minimum atomic E-state index is -2.05. The van der Waals surface area contributed by atoms with Gasteiger partial charge in [-0.2, -0.15) is 0 Å². The average Bonchev–Trinajstić information content (AvgIpc) is 2.78. The Morgan fingerprint density at radius 1 is 0.844 bits per heavy atom. The second-order valence-corrected chi connectivity index (χ2v) is 11.5. The second kappa shape index (κ2) is 9.19. The van der Waals surface area contributed by atoms with Gasteiger partial charge in [0.15, 0.2) is 0 Å². The summed E-state index contributed by atoms with van der Waals surface area (Å²) in [6.45, 7) is 6.54. The van der Waals surface area contributed by atoms with Gasteiger partial charge in [0, 0.05) is 11.6 Å². The summed E-state index contributed by atoms with van der Waals surface area (Å²) in [4.78, 5) is 4.41. The van der Waals surface area contributed by atoms with Crippen LogP contribution in [0.1, 0.15) is 26.3 Å². The smallest absolute Gasteiger partial charge is 0.299 e. The van der Waals surface area contributed by atoms with Crippen molar-refractivity contribution in [2.24, 2.45) is 0 Å². The Bertz CT molecular complexity index is 1170. The van der Waals surface area contributed by atoms with Crippen molar-refractivity contribution in [3.05, 3.63) is 102 Å². The molecule has 0 radical (unpaired) electrons. The lowest BCUT2D eigenvalue weighted by atomic mass is 9.86. The van der Waals surface area contributed by atoms with E-state index in [9.17, 15) is 5.11 Å². The summed E-state index contributed by atoms with van der Waals surface area (Å²) in [5.74, 6) is 0.787. The van der Waals surface area contributed by atoms with E-state index in [-0.39, 0.29) is 11.2 Å². The number of hydrogen-bond donors (Lipinski definition) is 1. The van der Waals surface area contributed by atoms with E-state index in [0.717, 1.165) is 11.3 Å². The lowest BCUT2D eigenvalue weighted by Gasteiger charge is -2.25. The molecule has 0 aliphatic carbocycles. The fourth-order valence-electron chi connectivity index (χ4n) is 3.62. The molecule has 0 fully saturated rings. The molecule has 0 aliphatic rings. The lowest BCUT2D eigenvalue weighted by Crippen LogP contribution is -2.47. The van der Waals surface area contributed by atoms with Gasteiger partial charge in [0.1, 0.15) is 11.5 Å². The van der Waals surface area contributed by atoms with Crippen molar-refractivity contribution < 1.29 is 9.53 Å². The third-order valence-electron chi connectivity index (χ3n) is 5.38. The molecular formula is C27H26ClNO2Si. The molecule has 1 heterocycles. The highest BCUT2D eigenvalue weighted by atomic mass is 35.5. The fourth-order valence-corrected chi connectivity index (χ4v) is 6.13. The van der Waals surface area contributed by atoms with Crippen LogP contribution in [0.2, 0.25) is 5.02 Å². The second-order valence-electron chi connectivity index (χ2n) is 8.80. The van der Waals surface area contributed by atoms with Gasteiger partial charge in [0.05, 0.1) is 16.9 Å². The molecule has 5 heteroatoms. The molecule has 3 nitrogen and oxygen atoms in total. The van der Waals surface area contributed by atoms with Crippen molar-refractivity contribution in [3.63, 3.8) is 0 Å². The quantitative estimate of drug-likeness (QED) is 0.410. The maximum Gasteiger partial charge on any atom is 0.299 e. The summed E-state index contributed by atoms with van der Waals surface area (Å²) in [6, 6.07) is 28.5. The number of pyridine rings is 1. The maximum atomic E-state index is 9.78. The van der Waals surface area contributed by atoms with Gasteiger partial charge in [-0.1, -0.05) is 99.1 Å². The molecule has 4 rings (SSSR count). The van der Waals surface area contributed by atoms with Crippen molar-refractivity contribution in [2.75, 3.05) is 0 Å². The molecule has 0 saturated heterocycles. The lowest BCUT2D eigenvalue weighted by molar-refractivity contribution is 0.473. The highest BCUT2D eigenvalue weighted by molar-refractivity contribution is 6.80. The molecule has 0 amide bonds. The summed E-state index contributed by atoms with van der Waals surface area (Å²) in [5, 5.41) is 12.5. The van der Waals surface area contributed by atoms with E-state index in [0.29, 0.717) is 10.7 Å². The zero-order chi connectivity index (χ0) is 22.7. The highest BCUT2D eigenvalue weighted by Crippen LogP contribution is 2.38. The van der Waals surface area contributed by atoms with Crippen LogP contribution >= 0.6 is 11.6 Å². The van der Waals surface area contributed by atoms with E-state index in [1.807, 2.05) is 42.5 Å². The van der Waals surface area contributed by atoms with Gasteiger partial charge in [0.25, 0.3) is 9.04 Å². The number of benzene rings is 3. The first-order valence-electron chi connectivity index (χ1n) is 10.6. The minimum Gasteiger partial charge on any atom is -0.537 e. The van der Waals surface area contributed by atoms with Gasteiger partial charge < -0.3 is 9.53 Å². The van der Waals surface area contributed by atoms with Crippen LogP contribution in [-0.2, 0) is 5.41 Å². The van der Waals surface area contributed by atoms with Crippen LogP contribution < -0.4 is 14.8 Å². The maximum absolute atomic E-state index is 9.78.